The third-order valence-corrected chi connectivity index (χ3v) is 3.19. The molecular weight excluding hydrogens is 232 g/mol. The molecule has 0 spiro atoms. The Labute approximate surface area is 106 Å². The minimum absolute atomic E-state index is 0.664. The average molecular weight is 250 g/mol. The summed E-state index contributed by atoms with van der Waals surface area (Å²) < 4.78 is 2.14. The van der Waals surface area contributed by atoms with Crippen LogP contribution in [0.5, 0.6) is 0 Å². The fourth-order valence-electron chi connectivity index (χ4n) is 1.60. The second-order valence-corrected chi connectivity index (χ2v) is 5.40. The van der Waals surface area contributed by atoms with Crippen molar-refractivity contribution in [2.75, 3.05) is 6.54 Å². The topological polar surface area (TPSA) is 42.7 Å². The molecule has 0 aliphatic rings. The molecular formula is C12H18N4S. The normalized spacial score (nSPS) is 11.2. The van der Waals surface area contributed by atoms with Gasteiger partial charge in [-0.15, -0.1) is 11.3 Å². The predicted octanol–water partition coefficient (Wildman–Crippen LogP) is 2.13. The molecule has 0 aliphatic carbocycles. The summed E-state index contributed by atoms with van der Waals surface area (Å²) in [4.78, 5) is 8.66. The number of nitrogens with zero attached hydrogens (tertiary/aromatic N) is 3. The van der Waals surface area contributed by atoms with Gasteiger partial charge in [-0.25, -0.2) is 9.97 Å². The molecule has 2 aromatic rings. The summed E-state index contributed by atoms with van der Waals surface area (Å²) in [5.41, 5.74) is 0. The summed E-state index contributed by atoms with van der Waals surface area (Å²) in [6.07, 6.45) is 5.70. The third kappa shape index (κ3) is 3.64. The Morgan fingerprint density at radius 1 is 1.35 bits per heavy atom. The van der Waals surface area contributed by atoms with Crippen LogP contribution in [0, 0.1) is 5.92 Å². The van der Waals surface area contributed by atoms with Gasteiger partial charge in [0.15, 0.2) is 0 Å². The highest BCUT2D eigenvalue weighted by Crippen LogP contribution is 2.08. The van der Waals surface area contributed by atoms with Gasteiger partial charge in [-0.3, -0.25) is 0 Å². The highest BCUT2D eigenvalue weighted by atomic mass is 32.1. The molecule has 4 nitrogen and oxygen atoms in total. The van der Waals surface area contributed by atoms with Gasteiger partial charge in [0.1, 0.15) is 10.8 Å². The van der Waals surface area contributed by atoms with Crippen LogP contribution in [-0.4, -0.2) is 21.1 Å². The van der Waals surface area contributed by atoms with Gasteiger partial charge < -0.3 is 9.88 Å². The van der Waals surface area contributed by atoms with E-state index in [-0.39, 0.29) is 0 Å². The number of hydrogen-bond donors (Lipinski definition) is 1. The minimum atomic E-state index is 0.664. The Morgan fingerprint density at radius 3 is 2.94 bits per heavy atom. The molecule has 0 fully saturated rings. The second kappa shape index (κ2) is 5.93. The Kier molecular flexibility index (Phi) is 4.28. The van der Waals surface area contributed by atoms with Gasteiger partial charge in [-0.05, 0) is 12.5 Å². The molecule has 0 saturated heterocycles. The summed E-state index contributed by atoms with van der Waals surface area (Å²) in [5, 5.41) is 6.53. The SMILES string of the molecule is CC(C)CNCc1nccn1Cc1nccs1. The van der Waals surface area contributed by atoms with E-state index in [0.717, 1.165) is 30.5 Å². The molecule has 0 bridgehead atoms. The summed E-state index contributed by atoms with van der Waals surface area (Å²) in [6.45, 7) is 7.06. The molecule has 2 rings (SSSR count). The van der Waals surface area contributed by atoms with Crippen molar-refractivity contribution in [3.05, 3.63) is 34.8 Å². The maximum Gasteiger partial charge on any atom is 0.123 e. The van der Waals surface area contributed by atoms with E-state index in [2.05, 4.69) is 33.7 Å². The van der Waals surface area contributed by atoms with Crippen LogP contribution in [0.3, 0.4) is 0 Å². The van der Waals surface area contributed by atoms with Gasteiger partial charge in [-0.2, -0.15) is 0 Å². The monoisotopic (exact) mass is 250 g/mol. The van der Waals surface area contributed by atoms with Crippen molar-refractivity contribution in [2.45, 2.75) is 26.9 Å². The lowest BCUT2D eigenvalue weighted by molar-refractivity contribution is 0.533. The quantitative estimate of drug-likeness (QED) is 0.854. The zero-order valence-corrected chi connectivity index (χ0v) is 11.1. The van der Waals surface area contributed by atoms with Crippen molar-refractivity contribution in [1.29, 1.82) is 0 Å². The van der Waals surface area contributed by atoms with E-state index in [0.29, 0.717) is 5.92 Å². The van der Waals surface area contributed by atoms with Crippen molar-refractivity contribution < 1.29 is 0 Å². The van der Waals surface area contributed by atoms with Crippen molar-refractivity contribution in [2.24, 2.45) is 5.92 Å². The number of nitrogens with one attached hydrogen (secondary N) is 1. The molecule has 5 heteroatoms. The zero-order chi connectivity index (χ0) is 12.1. The number of hydrogen-bond acceptors (Lipinski definition) is 4. The van der Waals surface area contributed by atoms with E-state index in [4.69, 9.17) is 0 Å². The Hall–Kier alpha value is -1.20. The van der Waals surface area contributed by atoms with E-state index in [9.17, 15) is 0 Å². The maximum absolute atomic E-state index is 4.37. The molecule has 92 valence electrons. The first-order valence-corrected chi connectivity index (χ1v) is 6.72. The first kappa shape index (κ1) is 12.3. The van der Waals surface area contributed by atoms with Crippen molar-refractivity contribution >= 4 is 11.3 Å². The van der Waals surface area contributed by atoms with E-state index in [1.54, 1.807) is 11.3 Å². The van der Waals surface area contributed by atoms with Crippen LogP contribution in [0.25, 0.3) is 0 Å². The Bertz CT molecular complexity index is 433. The molecule has 1 N–H and O–H groups in total. The molecule has 0 amide bonds. The molecule has 0 saturated carbocycles. The second-order valence-electron chi connectivity index (χ2n) is 4.42. The number of rotatable bonds is 6. The maximum atomic E-state index is 4.37. The van der Waals surface area contributed by atoms with Gasteiger partial charge in [0.2, 0.25) is 0 Å². The van der Waals surface area contributed by atoms with Crippen LogP contribution in [-0.2, 0) is 13.1 Å². The first-order valence-electron chi connectivity index (χ1n) is 5.85. The van der Waals surface area contributed by atoms with Gasteiger partial charge in [-0.1, -0.05) is 13.8 Å². The molecule has 0 aliphatic heterocycles. The van der Waals surface area contributed by atoms with Crippen LogP contribution < -0.4 is 5.32 Å². The van der Waals surface area contributed by atoms with Crippen molar-refractivity contribution in [3.8, 4) is 0 Å². The first-order chi connectivity index (χ1) is 8.25. The summed E-state index contributed by atoms with van der Waals surface area (Å²) in [6, 6.07) is 0. The lowest BCUT2D eigenvalue weighted by Crippen LogP contribution is -2.21. The Morgan fingerprint density at radius 2 is 2.24 bits per heavy atom. The fourth-order valence-corrected chi connectivity index (χ4v) is 2.21. The molecule has 0 aromatic carbocycles. The van der Waals surface area contributed by atoms with Gasteiger partial charge in [0.05, 0.1) is 13.1 Å². The molecule has 17 heavy (non-hydrogen) atoms. The molecule has 0 radical (unpaired) electrons. The van der Waals surface area contributed by atoms with Crippen LogP contribution >= 0.6 is 11.3 Å². The van der Waals surface area contributed by atoms with Gasteiger partial charge in [0.25, 0.3) is 0 Å². The van der Waals surface area contributed by atoms with Gasteiger partial charge in [0, 0.05) is 24.0 Å². The third-order valence-electron chi connectivity index (χ3n) is 2.43. The van der Waals surface area contributed by atoms with Crippen LogP contribution in [0.2, 0.25) is 0 Å². The van der Waals surface area contributed by atoms with Crippen LogP contribution in [0.1, 0.15) is 24.7 Å². The molecule has 2 heterocycles. The Balaban J connectivity index is 1.92. The largest absolute Gasteiger partial charge is 0.327 e. The highest BCUT2D eigenvalue weighted by molar-refractivity contribution is 7.09. The zero-order valence-electron chi connectivity index (χ0n) is 10.3. The summed E-state index contributed by atoms with van der Waals surface area (Å²) >= 11 is 1.68. The fraction of sp³-hybridized carbons (Fsp3) is 0.500. The van der Waals surface area contributed by atoms with Crippen molar-refractivity contribution in [3.63, 3.8) is 0 Å². The van der Waals surface area contributed by atoms with Crippen molar-refractivity contribution in [1.82, 2.24) is 19.9 Å². The van der Waals surface area contributed by atoms with E-state index >= 15 is 0 Å². The lowest BCUT2D eigenvalue weighted by Gasteiger charge is -2.09. The van der Waals surface area contributed by atoms with E-state index < -0.39 is 0 Å². The van der Waals surface area contributed by atoms with E-state index in [1.165, 1.54) is 0 Å². The number of imidazole rings is 1. The predicted molar refractivity (Wildman–Crippen MR) is 70.0 cm³/mol. The standard InChI is InChI=1S/C12H18N4S/c1-10(2)7-13-8-11-14-3-5-16(11)9-12-15-4-6-17-12/h3-6,10,13H,7-9H2,1-2H3. The number of thiazole rings is 1. The molecule has 0 unspecified atom stereocenters. The number of aromatic nitrogens is 3. The summed E-state index contributed by atoms with van der Waals surface area (Å²) in [7, 11) is 0. The van der Waals surface area contributed by atoms with Crippen LogP contribution in [0.4, 0.5) is 0 Å². The highest BCUT2D eigenvalue weighted by Gasteiger charge is 2.04. The van der Waals surface area contributed by atoms with Gasteiger partial charge >= 0.3 is 0 Å². The summed E-state index contributed by atoms with van der Waals surface area (Å²) in [5.74, 6) is 1.73. The lowest BCUT2D eigenvalue weighted by atomic mass is 10.2. The molecule has 0 atom stereocenters. The smallest absolute Gasteiger partial charge is 0.123 e. The van der Waals surface area contributed by atoms with Crippen LogP contribution in [0.15, 0.2) is 24.0 Å². The molecule has 2 aromatic heterocycles. The minimum Gasteiger partial charge on any atom is -0.327 e. The van der Waals surface area contributed by atoms with E-state index in [1.807, 2.05) is 24.0 Å². The average Bonchev–Trinajstić information content (AvgIpc) is 2.91.